The molecule has 2 heterocycles. The summed E-state index contributed by atoms with van der Waals surface area (Å²) in [5, 5.41) is 2.95. The van der Waals surface area contributed by atoms with E-state index < -0.39 is 0 Å². The van der Waals surface area contributed by atoms with Crippen LogP contribution in [0.25, 0.3) is 0 Å². The number of nitrogens with one attached hydrogen (secondary N) is 1. The summed E-state index contributed by atoms with van der Waals surface area (Å²) in [6, 6.07) is 7.14. The van der Waals surface area contributed by atoms with Crippen molar-refractivity contribution in [2.24, 2.45) is 23.7 Å². The fraction of sp³-hybridized carbons (Fsp3) is 0.571. The first-order valence-corrected chi connectivity index (χ1v) is 10.0. The van der Waals surface area contributed by atoms with Crippen molar-refractivity contribution in [3.05, 3.63) is 29.8 Å². The smallest absolute Gasteiger partial charge is 0.310 e. The third-order valence-electron chi connectivity index (χ3n) is 6.81. The Hall–Kier alpha value is -2.37. The van der Waals surface area contributed by atoms with E-state index in [2.05, 4.69) is 5.32 Å². The van der Waals surface area contributed by atoms with Crippen molar-refractivity contribution in [3.8, 4) is 0 Å². The molecular formula is C21H24N2O4. The first kappa shape index (κ1) is 16.8. The van der Waals surface area contributed by atoms with Crippen molar-refractivity contribution in [1.29, 1.82) is 0 Å². The van der Waals surface area contributed by atoms with Crippen molar-refractivity contribution in [2.45, 2.75) is 38.2 Å². The second-order valence-electron chi connectivity index (χ2n) is 8.35. The molecule has 2 saturated heterocycles. The molecule has 1 aromatic rings. The molecular weight excluding hydrogens is 344 g/mol. The zero-order valence-electron chi connectivity index (χ0n) is 15.2. The molecule has 1 N–H and O–H groups in total. The van der Waals surface area contributed by atoms with Crippen molar-refractivity contribution in [3.63, 3.8) is 0 Å². The zero-order chi connectivity index (χ0) is 18.5. The van der Waals surface area contributed by atoms with E-state index in [-0.39, 0.29) is 47.6 Å². The van der Waals surface area contributed by atoms with Gasteiger partial charge >= 0.3 is 5.97 Å². The number of anilines is 1. The highest BCUT2D eigenvalue weighted by atomic mass is 16.6. The maximum Gasteiger partial charge on any atom is 0.310 e. The Morgan fingerprint density at radius 1 is 1.11 bits per heavy atom. The van der Waals surface area contributed by atoms with E-state index in [4.69, 9.17) is 4.74 Å². The summed E-state index contributed by atoms with van der Waals surface area (Å²) in [6.07, 6.45) is 5.01. The lowest BCUT2D eigenvalue weighted by Gasteiger charge is -2.27. The molecule has 0 spiro atoms. The van der Waals surface area contributed by atoms with Gasteiger partial charge in [0.2, 0.25) is 5.91 Å². The van der Waals surface area contributed by atoms with Gasteiger partial charge in [-0.1, -0.05) is 6.07 Å². The number of rotatable bonds is 3. The lowest BCUT2D eigenvalue weighted by molar-refractivity contribution is -0.145. The van der Waals surface area contributed by atoms with Gasteiger partial charge < -0.3 is 15.0 Å². The molecule has 27 heavy (non-hydrogen) atoms. The van der Waals surface area contributed by atoms with Crippen LogP contribution in [0.2, 0.25) is 0 Å². The lowest BCUT2D eigenvalue weighted by Crippen LogP contribution is -2.36. The first-order valence-electron chi connectivity index (χ1n) is 10.0. The van der Waals surface area contributed by atoms with Gasteiger partial charge in [-0.25, -0.2) is 0 Å². The van der Waals surface area contributed by atoms with Gasteiger partial charge in [0.25, 0.3) is 5.91 Å². The highest BCUT2D eigenvalue weighted by Crippen LogP contribution is 2.57. The van der Waals surface area contributed by atoms with Gasteiger partial charge in [-0.15, -0.1) is 0 Å². The number of carbonyl (C=O) groups excluding carboxylic acids is 3. The highest BCUT2D eigenvalue weighted by molar-refractivity contribution is 5.99. The molecule has 2 aliphatic heterocycles. The van der Waals surface area contributed by atoms with Gasteiger partial charge in [-0.05, 0) is 56.2 Å². The minimum atomic E-state index is -0.303. The van der Waals surface area contributed by atoms with Crippen LogP contribution in [0.4, 0.5) is 5.69 Å². The minimum Gasteiger partial charge on any atom is -0.462 e. The quantitative estimate of drug-likeness (QED) is 0.832. The maximum atomic E-state index is 12.9. The molecule has 5 atom stereocenters. The van der Waals surface area contributed by atoms with Gasteiger partial charge in [0.1, 0.15) is 6.10 Å². The zero-order valence-corrected chi connectivity index (χ0v) is 15.2. The van der Waals surface area contributed by atoms with Crippen LogP contribution in [0, 0.1) is 23.7 Å². The summed E-state index contributed by atoms with van der Waals surface area (Å²) in [4.78, 5) is 39.6. The van der Waals surface area contributed by atoms with Gasteiger partial charge in [-0.2, -0.15) is 0 Å². The van der Waals surface area contributed by atoms with Gasteiger partial charge in [0.05, 0.1) is 11.8 Å². The predicted molar refractivity (Wildman–Crippen MR) is 97.9 cm³/mol. The van der Waals surface area contributed by atoms with Crippen molar-refractivity contribution in [1.82, 2.24) is 4.90 Å². The Morgan fingerprint density at radius 2 is 1.93 bits per heavy atom. The maximum absolute atomic E-state index is 12.9. The van der Waals surface area contributed by atoms with E-state index in [0.29, 0.717) is 11.3 Å². The average molecular weight is 368 g/mol. The number of carbonyl (C=O) groups is 3. The summed E-state index contributed by atoms with van der Waals surface area (Å²) in [5.74, 6) is -0.450. The van der Waals surface area contributed by atoms with Crippen LogP contribution in [0.3, 0.4) is 0 Å². The molecule has 1 aromatic carbocycles. The number of hydrogen-bond donors (Lipinski definition) is 1. The van der Waals surface area contributed by atoms with E-state index in [1.165, 1.54) is 6.42 Å². The molecule has 2 bridgehead atoms. The van der Waals surface area contributed by atoms with Gasteiger partial charge in [-0.3, -0.25) is 14.4 Å². The molecule has 2 aliphatic carbocycles. The van der Waals surface area contributed by atoms with Crippen LogP contribution in [0.1, 0.15) is 42.5 Å². The second-order valence-corrected chi connectivity index (χ2v) is 8.35. The topological polar surface area (TPSA) is 75.7 Å². The molecule has 142 valence electrons. The largest absolute Gasteiger partial charge is 0.462 e. The van der Waals surface area contributed by atoms with Crippen LogP contribution < -0.4 is 5.32 Å². The number of piperidine rings is 1. The fourth-order valence-electron chi connectivity index (χ4n) is 5.60. The molecule has 6 nitrogen and oxygen atoms in total. The van der Waals surface area contributed by atoms with Crippen LogP contribution in [-0.2, 0) is 14.3 Å². The van der Waals surface area contributed by atoms with Crippen LogP contribution in [0.5, 0.6) is 0 Å². The van der Waals surface area contributed by atoms with Gasteiger partial charge in [0.15, 0.2) is 0 Å². The standard InChI is InChI=1S/C21H24N2O4/c24-19(17-13-10-15-16(11-13)27-21(26)18(15)17)22-14-6-4-5-12(9-14)20(25)23-7-2-1-3-8-23/h4-6,9,13,15-18H,1-3,7-8,10-11H2,(H,22,24)/t13-,15-,16+,17-,18-/m0/s1. The summed E-state index contributed by atoms with van der Waals surface area (Å²) >= 11 is 0. The highest BCUT2D eigenvalue weighted by Gasteiger charge is 2.63. The molecule has 5 rings (SSSR count). The normalized spacial score (nSPS) is 33.9. The number of fused-ring (bicyclic) bond motifs is 1. The molecule has 6 heteroatoms. The second kappa shape index (κ2) is 6.36. The van der Waals surface area contributed by atoms with E-state index in [9.17, 15) is 14.4 Å². The SMILES string of the molecule is O=C(Nc1cccc(C(=O)N2CCCCC2)c1)[C@H]1[C@H]2C[C@@H]3[C@@H]1C(=O)O[C@@H]3C2. The Bertz CT molecular complexity index is 799. The molecule has 2 saturated carbocycles. The minimum absolute atomic E-state index is 0.0212. The third kappa shape index (κ3) is 2.73. The van der Waals surface area contributed by atoms with Crippen molar-refractivity contribution >= 4 is 23.5 Å². The van der Waals surface area contributed by atoms with Crippen LogP contribution in [-0.4, -0.2) is 41.9 Å². The van der Waals surface area contributed by atoms with E-state index >= 15 is 0 Å². The summed E-state index contributed by atoms with van der Waals surface area (Å²) in [7, 11) is 0. The van der Waals surface area contributed by atoms with E-state index in [1.54, 1.807) is 24.3 Å². The summed E-state index contributed by atoms with van der Waals surface area (Å²) in [5.41, 5.74) is 1.22. The molecule has 0 unspecified atom stereocenters. The number of benzene rings is 1. The number of ether oxygens (including phenoxy) is 1. The Labute approximate surface area is 158 Å². The predicted octanol–water partition coefficient (Wildman–Crippen LogP) is 2.45. The van der Waals surface area contributed by atoms with Gasteiger partial charge in [0, 0.05) is 30.3 Å². The third-order valence-corrected chi connectivity index (χ3v) is 6.81. The number of esters is 1. The monoisotopic (exact) mass is 368 g/mol. The van der Waals surface area contributed by atoms with Crippen molar-refractivity contribution in [2.75, 3.05) is 18.4 Å². The Kier molecular flexibility index (Phi) is 3.95. The first-order chi connectivity index (χ1) is 13.1. The summed E-state index contributed by atoms with van der Waals surface area (Å²) in [6.45, 7) is 1.59. The number of likely N-dealkylation sites (tertiary alicyclic amines) is 1. The Balaban J connectivity index is 1.30. The average Bonchev–Trinajstić information content (AvgIpc) is 3.31. The van der Waals surface area contributed by atoms with E-state index in [0.717, 1.165) is 38.8 Å². The van der Waals surface area contributed by atoms with Crippen LogP contribution >= 0.6 is 0 Å². The van der Waals surface area contributed by atoms with Crippen molar-refractivity contribution < 1.29 is 19.1 Å². The molecule has 4 aliphatic rings. The molecule has 0 radical (unpaired) electrons. The molecule has 0 aromatic heterocycles. The number of hydrogen-bond acceptors (Lipinski definition) is 4. The van der Waals surface area contributed by atoms with Crippen LogP contribution in [0.15, 0.2) is 24.3 Å². The summed E-state index contributed by atoms with van der Waals surface area (Å²) < 4.78 is 5.42. The molecule has 2 amide bonds. The fourth-order valence-corrected chi connectivity index (χ4v) is 5.60. The van der Waals surface area contributed by atoms with E-state index in [1.807, 2.05) is 4.90 Å². The lowest BCUT2D eigenvalue weighted by atomic mass is 9.79. The number of amides is 2. The Morgan fingerprint density at radius 3 is 2.74 bits per heavy atom. The number of nitrogens with zero attached hydrogens (tertiary/aromatic N) is 1. The molecule has 4 fully saturated rings.